The summed E-state index contributed by atoms with van der Waals surface area (Å²) in [7, 11) is 0. The summed E-state index contributed by atoms with van der Waals surface area (Å²) in [5.41, 5.74) is 1.83. The number of carboxylic acid groups (broad SMARTS) is 1. The molecule has 4 nitrogen and oxygen atoms in total. The van der Waals surface area contributed by atoms with Crippen LogP contribution in [-0.2, 0) is 27.3 Å². The maximum atomic E-state index is 10.5. The molecule has 0 spiro atoms. The van der Waals surface area contributed by atoms with E-state index in [-0.39, 0.29) is 12.5 Å². The largest absolute Gasteiger partial charge is 0.481 e. The van der Waals surface area contributed by atoms with Crippen molar-refractivity contribution in [1.82, 2.24) is 0 Å². The van der Waals surface area contributed by atoms with Crippen LogP contribution in [0.25, 0.3) is 0 Å². The van der Waals surface area contributed by atoms with Gasteiger partial charge in [0.1, 0.15) is 0 Å². The molecule has 1 aromatic rings. The highest BCUT2D eigenvalue weighted by Gasteiger charge is 2.03. The maximum Gasteiger partial charge on any atom is 0.307 e. The second kappa shape index (κ2) is 7.84. The molecule has 4 heteroatoms. The van der Waals surface area contributed by atoms with Crippen LogP contribution in [-0.4, -0.2) is 30.4 Å². The molecule has 1 aromatic carbocycles. The predicted molar refractivity (Wildman–Crippen MR) is 68.5 cm³/mol. The Kier molecular flexibility index (Phi) is 6.39. The van der Waals surface area contributed by atoms with Crippen molar-refractivity contribution in [1.29, 1.82) is 0 Å². The van der Waals surface area contributed by atoms with Crippen molar-refractivity contribution in [2.24, 2.45) is 0 Å². The molecule has 0 aliphatic rings. The van der Waals surface area contributed by atoms with Crippen LogP contribution in [0.2, 0.25) is 0 Å². The smallest absolute Gasteiger partial charge is 0.307 e. The summed E-state index contributed by atoms with van der Waals surface area (Å²) in [6, 6.07) is 7.43. The van der Waals surface area contributed by atoms with E-state index in [9.17, 15) is 4.79 Å². The van der Waals surface area contributed by atoms with E-state index in [1.54, 1.807) is 0 Å². The molecule has 0 aliphatic carbocycles. The van der Waals surface area contributed by atoms with Gasteiger partial charge in [0.25, 0.3) is 0 Å². The van der Waals surface area contributed by atoms with Crippen molar-refractivity contribution in [2.75, 3.05) is 13.2 Å². The number of rotatable bonds is 8. The standard InChI is InChI=1S/C14H20O4/c1-3-17-9-11(2)18-10-13-6-4-12(5-7-13)8-14(15)16/h4-7,11H,3,8-10H2,1-2H3,(H,15,16). The molecule has 0 fully saturated rings. The second-order valence-corrected chi connectivity index (χ2v) is 4.17. The summed E-state index contributed by atoms with van der Waals surface area (Å²) in [5.74, 6) is -0.815. The zero-order chi connectivity index (χ0) is 13.4. The minimum atomic E-state index is -0.815. The number of ether oxygens (including phenoxy) is 2. The lowest BCUT2D eigenvalue weighted by Crippen LogP contribution is -2.15. The van der Waals surface area contributed by atoms with E-state index in [1.165, 1.54) is 0 Å². The Labute approximate surface area is 108 Å². The minimum absolute atomic E-state index is 0.0574. The summed E-state index contributed by atoms with van der Waals surface area (Å²) < 4.78 is 10.9. The topological polar surface area (TPSA) is 55.8 Å². The number of hydrogen-bond acceptors (Lipinski definition) is 3. The van der Waals surface area contributed by atoms with Gasteiger partial charge < -0.3 is 14.6 Å². The first-order valence-electron chi connectivity index (χ1n) is 6.10. The van der Waals surface area contributed by atoms with Gasteiger partial charge in [-0.15, -0.1) is 0 Å². The molecule has 0 amide bonds. The van der Waals surface area contributed by atoms with Gasteiger partial charge in [0.05, 0.1) is 25.7 Å². The molecule has 1 N–H and O–H groups in total. The molecule has 0 aromatic heterocycles. The molecule has 0 saturated carbocycles. The van der Waals surface area contributed by atoms with Crippen LogP contribution in [0.3, 0.4) is 0 Å². The van der Waals surface area contributed by atoms with Crippen molar-refractivity contribution >= 4 is 5.97 Å². The lowest BCUT2D eigenvalue weighted by molar-refractivity contribution is -0.136. The Hall–Kier alpha value is -1.39. The maximum absolute atomic E-state index is 10.5. The van der Waals surface area contributed by atoms with Crippen LogP contribution >= 0.6 is 0 Å². The molecular weight excluding hydrogens is 232 g/mol. The number of aliphatic carboxylic acids is 1. The van der Waals surface area contributed by atoms with Gasteiger partial charge in [-0.2, -0.15) is 0 Å². The Morgan fingerprint density at radius 2 is 1.89 bits per heavy atom. The van der Waals surface area contributed by atoms with Gasteiger partial charge in [-0.25, -0.2) is 0 Å². The molecule has 0 bridgehead atoms. The summed E-state index contributed by atoms with van der Waals surface area (Å²) in [6.45, 7) is 5.72. The highest BCUT2D eigenvalue weighted by atomic mass is 16.5. The van der Waals surface area contributed by atoms with Gasteiger partial charge in [0.15, 0.2) is 0 Å². The van der Waals surface area contributed by atoms with Crippen LogP contribution in [0.4, 0.5) is 0 Å². The first-order valence-corrected chi connectivity index (χ1v) is 6.10. The molecule has 0 radical (unpaired) electrons. The van der Waals surface area contributed by atoms with Gasteiger partial charge >= 0.3 is 5.97 Å². The molecule has 18 heavy (non-hydrogen) atoms. The SMILES string of the molecule is CCOCC(C)OCc1ccc(CC(=O)O)cc1. The fraction of sp³-hybridized carbons (Fsp3) is 0.500. The van der Waals surface area contributed by atoms with Crippen molar-refractivity contribution < 1.29 is 19.4 Å². The Morgan fingerprint density at radius 1 is 1.28 bits per heavy atom. The highest BCUT2D eigenvalue weighted by Crippen LogP contribution is 2.08. The summed E-state index contributed by atoms with van der Waals surface area (Å²) in [4.78, 5) is 10.5. The van der Waals surface area contributed by atoms with E-state index in [2.05, 4.69) is 0 Å². The summed E-state index contributed by atoms with van der Waals surface area (Å²) >= 11 is 0. The lowest BCUT2D eigenvalue weighted by Gasteiger charge is -2.12. The molecular formula is C14H20O4. The van der Waals surface area contributed by atoms with Crippen LogP contribution < -0.4 is 0 Å². The average molecular weight is 252 g/mol. The van der Waals surface area contributed by atoms with Crippen LogP contribution in [0.5, 0.6) is 0 Å². The highest BCUT2D eigenvalue weighted by molar-refractivity contribution is 5.70. The zero-order valence-corrected chi connectivity index (χ0v) is 10.9. The quantitative estimate of drug-likeness (QED) is 0.771. The van der Waals surface area contributed by atoms with Crippen LogP contribution in [0.1, 0.15) is 25.0 Å². The average Bonchev–Trinajstić information content (AvgIpc) is 2.35. The first-order chi connectivity index (χ1) is 8.61. The molecule has 0 aliphatic heterocycles. The van der Waals surface area contributed by atoms with Crippen LogP contribution in [0, 0.1) is 0 Å². The minimum Gasteiger partial charge on any atom is -0.481 e. The summed E-state index contributed by atoms with van der Waals surface area (Å²) in [6.07, 6.45) is 0.116. The zero-order valence-electron chi connectivity index (χ0n) is 10.9. The van der Waals surface area contributed by atoms with E-state index in [4.69, 9.17) is 14.6 Å². The number of carboxylic acids is 1. The van der Waals surface area contributed by atoms with Gasteiger partial charge in [-0.05, 0) is 25.0 Å². The molecule has 100 valence electrons. The number of carbonyl (C=O) groups is 1. The first kappa shape index (κ1) is 14.7. The fourth-order valence-corrected chi connectivity index (χ4v) is 1.50. The Morgan fingerprint density at radius 3 is 2.44 bits per heavy atom. The van der Waals surface area contributed by atoms with Gasteiger partial charge in [0, 0.05) is 6.61 Å². The van der Waals surface area contributed by atoms with Crippen molar-refractivity contribution in [2.45, 2.75) is 33.0 Å². The monoisotopic (exact) mass is 252 g/mol. The van der Waals surface area contributed by atoms with Crippen molar-refractivity contribution in [3.8, 4) is 0 Å². The molecule has 1 rings (SSSR count). The van der Waals surface area contributed by atoms with Crippen LogP contribution in [0.15, 0.2) is 24.3 Å². The van der Waals surface area contributed by atoms with Gasteiger partial charge in [-0.1, -0.05) is 24.3 Å². The van der Waals surface area contributed by atoms with Crippen molar-refractivity contribution in [3.63, 3.8) is 0 Å². The molecule has 0 heterocycles. The molecule has 0 saturated heterocycles. The molecule has 1 atom stereocenters. The Bertz CT molecular complexity index is 359. The van der Waals surface area contributed by atoms with E-state index in [0.717, 1.165) is 11.1 Å². The third-order valence-corrected chi connectivity index (χ3v) is 2.47. The number of hydrogen-bond donors (Lipinski definition) is 1. The fourth-order valence-electron chi connectivity index (χ4n) is 1.50. The molecule has 1 unspecified atom stereocenters. The second-order valence-electron chi connectivity index (χ2n) is 4.17. The van der Waals surface area contributed by atoms with Gasteiger partial charge in [0.2, 0.25) is 0 Å². The van der Waals surface area contributed by atoms with Gasteiger partial charge in [-0.3, -0.25) is 4.79 Å². The Balaban J connectivity index is 2.36. The predicted octanol–water partition coefficient (Wildman–Crippen LogP) is 2.26. The van der Waals surface area contributed by atoms with E-state index < -0.39 is 5.97 Å². The summed E-state index contributed by atoms with van der Waals surface area (Å²) in [5, 5.41) is 8.66. The normalized spacial score (nSPS) is 12.3. The van der Waals surface area contributed by atoms with E-state index in [1.807, 2.05) is 38.1 Å². The van der Waals surface area contributed by atoms with E-state index in [0.29, 0.717) is 19.8 Å². The third-order valence-electron chi connectivity index (χ3n) is 2.47. The lowest BCUT2D eigenvalue weighted by atomic mass is 10.1. The third kappa shape index (κ3) is 5.80. The van der Waals surface area contributed by atoms with Crippen molar-refractivity contribution in [3.05, 3.63) is 35.4 Å². The number of benzene rings is 1. The van der Waals surface area contributed by atoms with E-state index >= 15 is 0 Å².